The van der Waals surface area contributed by atoms with Crippen LogP contribution < -0.4 is 11.1 Å². The van der Waals surface area contributed by atoms with Crippen LogP contribution in [-0.2, 0) is 0 Å². The highest BCUT2D eigenvalue weighted by atomic mass is 127. The number of rotatable bonds is 3. The molecule has 9 heteroatoms. The molecule has 0 bridgehead atoms. The summed E-state index contributed by atoms with van der Waals surface area (Å²) in [5, 5.41) is 21.3. The smallest absolute Gasteiger partial charge is 0.268 e. The fourth-order valence-corrected chi connectivity index (χ4v) is 4.76. The highest BCUT2D eigenvalue weighted by molar-refractivity contribution is 14.1. The largest absolute Gasteiger partial charge is 0.507 e. The van der Waals surface area contributed by atoms with Gasteiger partial charge < -0.3 is 15.3 Å². The Morgan fingerprint density at radius 1 is 0.917 bits per heavy atom. The fourth-order valence-electron chi connectivity index (χ4n) is 2.87. The number of halogens is 2. The van der Waals surface area contributed by atoms with Gasteiger partial charge in [-0.2, -0.15) is 0 Å². The maximum atomic E-state index is 12.4. The van der Waals surface area contributed by atoms with Gasteiger partial charge in [0.25, 0.3) is 11.1 Å². The van der Waals surface area contributed by atoms with Crippen molar-refractivity contribution in [3.8, 4) is 5.75 Å². The van der Waals surface area contributed by atoms with Gasteiger partial charge in [0.2, 0.25) is 0 Å². The van der Waals surface area contributed by atoms with E-state index in [1.165, 1.54) is 0 Å². The van der Waals surface area contributed by atoms with Gasteiger partial charge in [-0.25, -0.2) is 0 Å². The first-order valence-corrected chi connectivity index (χ1v) is 9.19. The monoisotopic (exact) mass is 552 g/mol. The molecule has 126 valence electrons. The van der Waals surface area contributed by atoms with Crippen LogP contribution in [0.3, 0.4) is 0 Å². The first-order chi connectivity index (χ1) is 11.3. The number of H-pyrrole nitrogens is 4. The highest BCUT2D eigenvalue weighted by Gasteiger charge is 2.30. The molecule has 0 spiro atoms. The standard InChI is InChI=1S/C15H14I2N4O3/c1-5-10(14(23)20-18-5)12(11-6(2)19-21-15(11)24)8-3-7(16)4-9(17)13(8)22/h3-4,12,22H,1-2H3,(H2,18,20,23)(H2,19,21,24). The van der Waals surface area contributed by atoms with Gasteiger partial charge in [-0.05, 0) is 71.2 Å². The molecule has 7 nitrogen and oxygen atoms in total. The third kappa shape index (κ3) is 2.83. The lowest BCUT2D eigenvalue weighted by Gasteiger charge is -2.18. The van der Waals surface area contributed by atoms with Crippen molar-refractivity contribution >= 4 is 45.2 Å². The fraction of sp³-hybridized carbons (Fsp3) is 0.200. The molecule has 0 saturated heterocycles. The molecular formula is C15H14I2N4O3. The Balaban J connectivity index is 2.41. The summed E-state index contributed by atoms with van der Waals surface area (Å²) in [5.74, 6) is -0.612. The van der Waals surface area contributed by atoms with Crippen LogP contribution in [0.15, 0.2) is 21.7 Å². The number of phenols is 1. The SMILES string of the molecule is Cc1[nH][nH]c(=O)c1C(c1cc(I)cc(I)c1O)c1c(C)[nH][nH]c1=O. The number of benzene rings is 1. The molecule has 0 fully saturated rings. The van der Waals surface area contributed by atoms with Crippen LogP contribution in [0.2, 0.25) is 0 Å². The zero-order valence-corrected chi connectivity index (χ0v) is 17.1. The van der Waals surface area contributed by atoms with Crippen molar-refractivity contribution in [2.75, 3.05) is 0 Å². The summed E-state index contributed by atoms with van der Waals surface area (Å²) in [6.07, 6.45) is 0. The third-order valence-electron chi connectivity index (χ3n) is 3.97. The second-order valence-electron chi connectivity index (χ2n) is 5.49. The van der Waals surface area contributed by atoms with Crippen molar-refractivity contribution in [1.82, 2.24) is 20.4 Å². The van der Waals surface area contributed by atoms with E-state index < -0.39 is 5.92 Å². The Kier molecular flexibility index (Phi) is 4.64. The molecule has 24 heavy (non-hydrogen) atoms. The minimum Gasteiger partial charge on any atom is -0.507 e. The van der Waals surface area contributed by atoms with E-state index in [4.69, 9.17) is 0 Å². The van der Waals surface area contributed by atoms with Crippen LogP contribution in [0.5, 0.6) is 5.75 Å². The van der Waals surface area contributed by atoms with Crippen molar-refractivity contribution in [3.63, 3.8) is 0 Å². The number of aromatic hydroxyl groups is 1. The predicted molar refractivity (Wildman–Crippen MR) is 107 cm³/mol. The molecule has 0 aliphatic rings. The molecule has 0 aliphatic carbocycles. The van der Waals surface area contributed by atoms with E-state index >= 15 is 0 Å². The Labute approximate surface area is 163 Å². The predicted octanol–water partition coefficient (Wildman–Crippen LogP) is 2.43. The molecule has 1 aromatic carbocycles. The number of aryl methyl sites for hydroxylation is 2. The van der Waals surface area contributed by atoms with Crippen LogP contribution in [-0.4, -0.2) is 25.5 Å². The van der Waals surface area contributed by atoms with Gasteiger partial charge in [0.1, 0.15) is 5.75 Å². The van der Waals surface area contributed by atoms with E-state index in [1.54, 1.807) is 19.9 Å². The van der Waals surface area contributed by atoms with E-state index in [1.807, 2.05) is 28.7 Å². The normalized spacial score (nSPS) is 11.4. The van der Waals surface area contributed by atoms with E-state index in [2.05, 4.69) is 43.0 Å². The van der Waals surface area contributed by atoms with Crippen molar-refractivity contribution in [2.24, 2.45) is 0 Å². The number of aromatic nitrogens is 4. The van der Waals surface area contributed by atoms with E-state index in [0.29, 0.717) is 31.6 Å². The Hall–Kier alpha value is -1.50. The van der Waals surface area contributed by atoms with Gasteiger partial charge in [0.15, 0.2) is 0 Å². The molecule has 2 heterocycles. The van der Waals surface area contributed by atoms with Crippen LogP contribution >= 0.6 is 45.2 Å². The average molecular weight is 552 g/mol. The van der Waals surface area contributed by atoms with Gasteiger partial charge >= 0.3 is 0 Å². The van der Waals surface area contributed by atoms with Gasteiger partial charge in [-0.3, -0.25) is 19.8 Å². The van der Waals surface area contributed by atoms with Crippen LogP contribution in [0.4, 0.5) is 0 Å². The summed E-state index contributed by atoms with van der Waals surface area (Å²) in [6, 6.07) is 3.62. The van der Waals surface area contributed by atoms with Crippen molar-refractivity contribution in [1.29, 1.82) is 0 Å². The zero-order valence-electron chi connectivity index (χ0n) is 12.8. The minimum absolute atomic E-state index is 0.0704. The molecule has 0 atom stereocenters. The summed E-state index contributed by atoms with van der Waals surface area (Å²) >= 11 is 4.19. The maximum Gasteiger partial charge on any atom is 0.268 e. The van der Waals surface area contributed by atoms with Gasteiger partial charge in [-0.15, -0.1) is 0 Å². The summed E-state index contributed by atoms with van der Waals surface area (Å²) in [7, 11) is 0. The Bertz CT molecular complexity index is 974. The quantitative estimate of drug-likeness (QED) is 0.322. The molecule has 5 N–H and O–H groups in total. The van der Waals surface area contributed by atoms with E-state index in [-0.39, 0.29) is 16.9 Å². The van der Waals surface area contributed by atoms with Crippen LogP contribution in [0.25, 0.3) is 0 Å². The minimum atomic E-state index is -0.682. The first-order valence-electron chi connectivity index (χ1n) is 7.03. The average Bonchev–Trinajstić information content (AvgIpc) is 3.01. The van der Waals surface area contributed by atoms with Gasteiger partial charge in [-0.1, -0.05) is 0 Å². The third-order valence-corrected chi connectivity index (χ3v) is 5.42. The lowest BCUT2D eigenvalue weighted by Crippen LogP contribution is -2.20. The van der Waals surface area contributed by atoms with Crippen LogP contribution in [0.1, 0.15) is 34.0 Å². The Morgan fingerprint density at radius 3 is 1.83 bits per heavy atom. The second-order valence-corrected chi connectivity index (χ2v) is 7.90. The lowest BCUT2D eigenvalue weighted by molar-refractivity contribution is 0.463. The van der Waals surface area contributed by atoms with Crippen LogP contribution in [0, 0.1) is 21.0 Å². The summed E-state index contributed by atoms with van der Waals surface area (Å²) in [6.45, 7) is 3.51. The number of aromatic amines is 4. The number of phenolic OH excluding ortho intramolecular Hbond substituents is 1. The number of nitrogens with one attached hydrogen (secondary N) is 4. The van der Waals surface area contributed by atoms with E-state index in [9.17, 15) is 14.7 Å². The Morgan fingerprint density at radius 2 is 1.42 bits per heavy atom. The number of hydrogen-bond donors (Lipinski definition) is 5. The van der Waals surface area contributed by atoms with Gasteiger partial charge in [0.05, 0.1) is 20.6 Å². The summed E-state index contributed by atoms with van der Waals surface area (Å²) in [4.78, 5) is 24.7. The molecule has 0 amide bonds. The second kappa shape index (κ2) is 6.43. The molecule has 0 aliphatic heterocycles. The molecule has 3 rings (SSSR count). The lowest BCUT2D eigenvalue weighted by atomic mass is 9.85. The molecule has 2 aromatic heterocycles. The highest BCUT2D eigenvalue weighted by Crippen LogP contribution is 2.39. The summed E-state index contributed by atoms with van der Waals surface area (Å²) < 4.78 is 1.57. The molecule has 3 aromatic rings. The molecular weight excluding hydrogens is 538 g/mol. The maximum absolute atomic E-state index is 12.4. The van der Waals surface area contributed by atoms with Crippen molar-refractivity contribution in [3.05, 3.63) is 68.1 Å². The molecule has 0 saturated carbocycles. The topological polar surface area (TPSA) is 118 Å². The zero-order chi connectivity index (χ0) is 17.6. The van der Waals surface area contributed by atoms with Crippen molar-refractivity contribution < 1.29 is 5.11 Å². The van der Waals surface area contributed by atoms with Gasteiger partial charge in [0, 0.05) is 20.5 Å². The molecule has 0 radical (unpaired) electrons. The van der Waals surface area contributed by atoms with Crippen molar-refractivity contribution in [2.45, 2.75) is 19.8 Å². The first kappa shape index (κ1) is 17.3. The molecule has 0 unspecified atom stereocenters. The summed E-state index contributed by atoms with van der Waals surface area (Å²) in [5.41, 5.74) is 1.97. The number of hydrogen-bond acceptors (Lipinski definition) is 3. The van der Waals surface area contributed by atoms with E-state index in [0.717, 1.165) is 3.57 Å².